The summed E-state index contributed by atoms with van der Waals surface area (Å²) in [4.78, 5) is 2.70. The molecule has 1 aliphatic heterocycles. The highest BCUT2D eigenvalue weighted by molar-refractivity contribution is 5.25. The van der Waals surface area contributed by atoms with Crippen molar-refractivity contribution >= 4 is 0 Å². The van der Waals surface area contributed by atoms with Gasteiger partial charge in [0.1, 0.15) is 0 Å². The van der Waals surface area contributed by atoms with Crippen molar-refractivity contribution in [2.75, 3.05) is 13.1 Å². The van der Waals surface area contributed by atoms with Crippen LogP contribution in [0.25, 0.3) is 0 Å². The summed E-state index contributed by atoms with van der Waals surface area (Å²) in [7, 11) is 0. The molecule has 1 heterocycles. The molecule has 1 aliphatic carbocycles. The highest BCUT2D eigenvalue weighted by atomic mass is 15.2. The molecule has 2 heteroatoms. The minimum atomic E-state index is 0.425. The van der Waals surface area contributed by atoms with Crippen LogP contribution in [0.5, 0.6) is 0 Å². The SMILES string of the molecule is Cc1ccc(C(CN)N2CCC3CCCCC32)cc1. The average molecular weight is 258 g/mol. The molecule has 1 saturated heterocycles. The van der Waals surface area contributed by atoms with Gasteiger partial charge in [-0.25, -0.2) is 0 Å². The maximum absolute atomic E-state index is 6.10. The quantitative estimate of drug-likeness (QED) is 0.901. The molecular formula is C17H26N2. The van der Waals surface area contributed by atoms with Crippen molar-refractivity contribution in [1.82, 2.24) is 4.90 Å². The van der Waals surface area contributed by atoms with Gasteiger partial charge in [-0.05, 0) is 44.2 Å². The molecular weight excluding hydrogens is 232 g/mol. The Balaban J connectivity index is 1.80. The first-order chi connectivity index (χ1) is 9.29. The summed E-state index contributed by atoms with van der Waals surface area (Å²) >= 11 is 0. The predicted molar refractivity (Wildman–Crippen MR) is 80.0 cm³/mol. The summed E-state index contributed by atoms with van der Waals surface area (Å²) in [6.07, 6.45) is 7.04. The van der Waals surface area contributed by atoms with Crippen LogP contribution in [0, 0.1) is 12.8 Å². The molecule has 2 N–H and O–H groups in total. The number of fused-ring (bicyclic) bond motifs is 1. The number of rotatable bonds is 3. The van der Waals surface area contributed by atoms with Crippen LogP contribution in [0.15, 0.2) is 24.3 Å². The Morgan fingerprint density at radius 1 is 1.16 bits per heavy atom. The predicted octanol–water partition coefficient (Wildman–Crippen LogP) is 3.26. The first-order valence-electron chi connectivity index (χ1n) is 7.82. The first kappa shape index (κ1) is 13.1. The van der Waals surface area contributed by atoms with Crippen molar-refractivity contribution in [2.45, 2.75) is 51.1 Å². The van der Waals surface area contributed by atoms with Crippen molar-refractivity contribution in [3.8, 4) is 0 Å². The fraction of sp³-hybridized carbons (Fsp3) is 0.647. The molecule has 3 rings (SSSR count). The van der Waals surface area contributed by atoms with E-state index in [-0.39, 0.29) is 0 Å². The van der Waals surface area contributed by atoms with Crippen LogP contribution in [0.3, 0.4) is 0 Å². The van der Waals surface area contributed by atoms with Gasteiger partial charge in [0.15, 0.2) is 0 Å². The summed E-state index contributed by atoms with van der Waals surface area (Å²) in [6.45, 7) is 4.13. The maximum atomic E-state index is 6.10. The Kier molecular flexibility index (Phi) is 3.90. The normalized spacial score (nSPS) is 29.2. The number of nitrogens with zero attached hydrogens (tertiary/aromatic N) is 1. The zero-order valence-corrected chi connectivity index (χ0v) is 12.0. The van der Waals surface area contributed by atoms with E-state index in [4.69, 9.17) is 5.73 Å². The number of nitrogens with two attached hydrogens (primary N) is 1. The fourth-order valence-corrected chi connectivity index (χ4v) is 4.08. The van der Waals surface area contributed by atoms with E-state index >= 15 is 0 Å². The monoisotopic (exact) mass is 258 g/mol. The van der Waals surface area contributed by atoms with E-state index in [1.165, 1.54) is 49.8 Å². The highest BCUT2D eigenvalue weighted by Crippen LogP contribution is 2.40. The van der Waals surface area contributed by atoms with Gasteiger partial charge in [-0.1, -0.05) is 42.7 Å². The number of hydrogen-bond donors (Lipinski definition) is 1. The molecule has 1 aromatic rings. The van der Waals surface area contributed by atoms with Crippen LogP contribution < -0.4 is 5.73 Å². The molecule has 3 unspecified atom stereocenters. The molecule has 1 aromatic carbocycles. The Bertz CT molecular complexity index is 412. The van der Waals surface area contributed by atoms with Crippen LogP contribution in [-0.4, -0.2) is 24.0 Å². The zero-order chi connectivity index (χ0) is 13.2. The molecule has 104 valence electrons. The lowest BCUT2D eigenvalue weighted by molar-refractivity contribution is 0.135. The Morgan fingerprint density at radius 3 is 2.63 bits per heavy atom. The lowest BCUT2D eigenvalue weighted by Crippen LogP contribution is -2.40. The van der Waals surface area contributed by atoms with Crippen molar-refractivity contribution in [3.63, 3.8) is 0 Å². The zero-order valence-electron chi connectivity index (χ0n) is 12.0. The third-order valence-corrected chi connectivity index (χ3v) is 5.14. The fourth-order valence-electron chi connectivity index (χ4n) is 4.08. The van der Waals surface area contributed by atoms with E-state index in [0.29, 0.717) is 6.04 Å². The van der Waals surface area contributed by atoms with Gasteiger partial charge in [0, 0.05) is 18.6 Å². The van der Waals surface area contributed by atoms with Crippen LogP contribution in [0.4, 0.5) is 0 Å². The molecule has 3 atom stereocenters. The van der Waals surface area contributed by atoms with Crippen LogP contribution in [0.1, 0.15) is 49.3 Å². The number of likely N-dealkylation sites (tertiary alicyclic amines) is 1. The highest BCUT2D eigenvalue weighted by Gasteiger charge is 2.38. The Labute approximate surface area is 117 Å². The molecule has 2 aliphatic rings. The van der Waals surface area contributed by atoms with Crippen molar-refractivity contribution < 1.29 is 0 Å². The van der Waals surface area contributed by atoms with Crippen LogP contribution >= 0.6 is 0 Å². The molecule has 0 radical (unpaired) electrons. The van der Waals surface area contributed by atoms with Gasteiger partial charge in [-0.3, -0.25) is 4.90 Å². The topological polar surface area (TPSA) is 29.3 Å². The summed E-state index contributed by atoms with van der Waals surface area (Å²) in [5.74, 6) is 0.938. The second-order valence-electron chi connectivity index (χ2n) is 6.30. The Hall–Kier alpha value is -0.860. The Morgan fingerprint density at radius 2 is 1.89 bits per heavy atom. The summed E-state index contributed by atoms with van der Waals surface area (Å²) in [5.41, 5.74) is 8.84. The third kappa shape index (κ3) is 2.56. The largest absolute Gasteiger partial charge is 0.329 e. The second-order valence-corrected chi connectivity index (χ2v) is 6.30. The molecule has 0 bridgehead atoms. The van der Waals surface area contributed by atoms with Gasteiger partial charge >= 0.3 is 0 Å². The van der Waals surface area contributed by atoms with Gasteiger partial charge in [0.2, 0.25) is 0 Å². The van der Waals surface area contributed by atoms with Crippen LogP contribution in [0.2, 0.25) is 0 Å². The van der Waals surface area contributed by atoms with Gasteiger partial charge in [0.05, 0.1) is 0 Å². The minimum absolute atomic E-state index is 0.425. The minimum Gasteiger partial charge on any atom is -0.329 e. The summed E-state index contributed by atoms with van der Waals surface area (Å²) in [5, 5.41) is 0. The van der Waals surface area contributed by atoms with Crippen molar-refractivity contribution in [1.29, 1.82) is 0 Å². The van der Waals surface area contributed by atoms with Crippen LogP contribution in [-0.2, 0) is 0 Å². The van der Waals surface area contributed by atoms with E-state index in [1.54, 1.807) is 0 Å². The van der Waals surface area contributed by atoms with Gasteiger partial charge in [0.25, 0.3) is 0 Å². The summed E-state index contributed by atoms with van der Waals surface area (Å²) in [6, 6.07) is 10.2. The smallest absolute Gasteiger partial charge is 0.0473 e. The molecule has 2 fully saturated rings. The standard InChI is InChI=1S/C17H26N2/c1-13-6-8-15(9-7-13)17(12-18)19-11-10-14-4-2-3-5-16(14)19/h6-9,14,16-17H,2-5,10-12,18H2,1H3. The van der Waals surface area contributed by atoms with E-state index in [1.807, 2.05) is 0 Å². The third-order valence-electron chi connectivity index (χ3n) is 5.14. The number of benzene rings is 1. The van der Waals surface area contributed by atoms with E-state index in [0.717, 1.165) is 18.5 Å². The molecule has 19 heavy (non-hydrogen) atoms. The van der Waals surface area contributed by atoms with Crippen molar-refractivity contribution in [2.24, 2.45) is 11.7 Å². The molecule has 0 spiro atoms. The molecule has 0 amide bonds. The van der Waals surface area contributed by atoms with E-state index in [9.17, 15) is 0 Å². The number of aryl methyl sites for hydroxylation is 1. The maximum Gasteiger partial charge on any atom is 0.0473 e. The van der Waals surface area contributed by atoms with Gasteiger partial charge in [-0.2, -0.15) is 0 Å². The molecule has 2 nitrogen and oxygen atoms in total. The van der Waals surface area contributed by atoms with Gasteiger partial charge < -0.3 is 5.73 Å². The molecule has 0 aromatic heterocycles. The first-order valence-corrected chi connectivity index (χ1v) is 7.82. The van der Waals surface area contributed by atoms with Crippen molar-refractivity contribution in [3.05, 3.63) is 35.4 Å². The van der Waals surface area contributed by atoms with E-state index in [2.05, 4.69) is 36.1 Å². The lowest BCUT2D eigenvalue weighted by Gasteiger charge is -2.37. The second kappa shape index (κ2) is 5.64. The van der Waals surface area contributed by atoms with E-state index < -0.39 is 0 Å². The van der Waals surface area contributed by atoms with Gasteiger partial charge in [-0.15, -0.1) is 0 Å². The lowest BCUT2D eigenvalue weighted by atomic mass is 9.84. The number of hydrogen-bond acceptors (Lipinski definition) is 2. The summed E-state index contributed by atoms with van der Waals surface area (Å²) < 4.78 is 0. The average Bonchev–Trinajstić information content (AvgIpc) is 2.86. The molecule has 1 saturated carbocycles.